The Morgan fingerprint density at radius 3 is 2.85 bits per heavy atom. The summed E-state index contributed by atoms with van der Waals surface area (Å²) in [5, 5.41) is 7.60. The molecule has 0 aliphatic carbocycles. The third-order valence-electron chi connectivity index (χ3n) is 5.35. The standard InChI is InChI=1S/C19H25N5O2.ClH/c1-23-11-9-20-12-16(23)17-21-18(26-22-17)15-8-5-10-24(13-15)19(25)14-6-3-2-4-7-14;/h2-4,6-7,15-16,20H,5,8-13H2,1H3;1H. The van der Waals surface area contributed by atoms with Gasteiger partial charge in [-0.1, -0.05) is 23.4 Å². The number of aromatic nitrogens is 2. The summed E-state index contributed by atoms with van der Waals surface area (Å²) in [5.74, 6) is 1.58. The summed E-state index contributed by atoms with van der Waals surface area (Å²) >= 11 is 0. The van der Waals surface area contributed by atoms with Crippen LogP contribution in [-0.2, 0) is 0 Å². The molecule has 2 saturated heterocycles. The highest BCUT2D eigenvalue weighted by Crippen LogP contribution is 2.28. The van der Waals surface area contributed by atoms with E-state index in [2.05, 4.69) is 27.4 Å². The molecule has 1 N–H and O–H groups in total. The molecule has 8 heteroatoms. The summed E-state index contributed by atoms with van der Waals surface area (Å²) in [6.07, 6.45) is 1.92. The van der Waals surface area contributed by atoms with E-state index in [1.165, 1.54) is 0 Å². The number of hydrogen-bond acceptors (Lipinski definition) is 6. The van der Waals surface area contributed by atoms with Crippen molar-refractivity contribution < 1.29 is 9.32 Å². The van der Waals surface area contributed by atoms with Crippen molar-refractivity contribution in [3.63, 3.8) is 0 Å². The van der Waals surface area contributed by atoms with Gasteiger partial charge in [0.1, 0.15) is 0 Å². The number of likely N-dealkylation sites (N-methyl/N-ethyl adjacent to an activating group) is 1. The number of piperidine rings is 1. The van der Waals surface area contributed by atoms with Crippen LogP contribution < -0.4 is 5.32 Å². The van der Waals surface area contributed by atoms with E-state index in [4.69, 9.17) is 4.52 Å². The molecule has 2 atom stereocenters. The second-order valence-electron chi connectivity index (χ2n) is 7.15. The predicted molar refractivity (Wildman–Crippen MR) is 104 cm³/mol. The highest BCUT2D eigenvalue weighted by molar-refractivity contribution is 5.94. The molecule has 2 aliphatic heterocycles. The zero-order valence-electron chi connectivity index (χ0n) is 15.5. The number of halogens is 1. The molecule has 2 unspecified atom stereocenters. The SMILES string of the molecule is CN1CCNCC1c1noc(C2CCCN(C(=O)c3ccccc3)C2)n1.Cl. The molecular weight excluding hydrogens is 366 g/mol. The van der Waals surface area contributed by atoms with Crippen LogP contribution in [-0.4, -0.2) is 65.6 Å². The van der Waals surface area contributed by atoms with Crippen LogP contribution in [0, 0.1) is 0 Å². The summed E-state index contributed by atoms with van der Waals surface area (Å²) in [7, 11) is 2.09. The summed E-state index contributed by atoms with van der Waals surface area (Å²) in [5.41, 5.74) is 0.731. The lowest BCUT2D eigenvalue weighted by Crippen LogP contribution is -2.44. The van der Waals surface area contributed by atoms with Gasteiger partial charge in [0, 0.05) is 38.3 Å². The monoisotopic (exact) mass is 391 g/mol. The van der Waals surface area contributed by atoms with E-state index in [1.807, 2.05) is 35.2 Å². The van der Waals surface area contributed by atoms with E-state index in [1.54, 1.807) is 0 Å². The Morgan fingerprint density at radius 2 is 2.07 bits per heavy atom. The Morgan fingerprint density at radius 1 is 1.26 bits per heavy atom. The Kier molecular flexibility index (Phi) is 6.46. The molecule has 1 aromatic heterocycles. The fourth-order valence-corrected chi connectivity index (χ4v) is 3.77. The Balaban J connectivity index is 0.00000210. The molecule has 0 bridgehead atoms. The number of carbonyl (C=O) groups is 1. The quantitative estimate of drug-likeness (QED) is 0.863. The molecule has 27 heavy (non-hydrogen) atoms. The van der Waals surface area contributed by atoms with Gasteiger partial charge in [0.15, 0.2) is 5.82 Å². The maximum Gasteiger partial charge on any atom is 0.253 e. The molecule has 1 aromatic carbocycles. The van der Waals surface area contributed by atoms with Crippen LogP contribution in [0.4, 0.5) is 0 Å². The van der Waals surface area contributed by atoms with Gasteiger partial charge in [0.2, 0.25) is 5.89 Å². The highest BCUT2D eigenvalue weighted by Gasteiger charge is 2.31. The molecule has 0 spiro atoms. The van der Waals surface area contributed by atoms with Crippen LogP contribution in [0.15, 0.2) is 34.9 Å². The van der Waals surface area contributed by atoms with Gasteiger partial charge in [-0.3, -0.25) is 9.69 Å². The average molecular weight is 392 g/mol. The Bertz CT molecular complexity index is 754. The highest BCUT2D eigenvalue weighted by atomic mass is 35.5. The minimum Gasteiger partial charge on any atom is -0.339 e. The molecule has 2 aromatic rings. The summed E-state index contributed by atoms with van der Waals surface area (Å²) in [6, 6.07) is 9.59. The number of nitrogens with one attached hydrogen (secondary N) is 1. The van der Waals surface area contributed by atoms with Crippen molar-refractivity contribution in [3.05, 3.63) is 47.6 Å². The van der Waals surface area contributed by atoms with Gasteiger partial charge in [-0.2, -0.15) is 4.98 Å². The minimum atomic E-state index is 0. The maximum atomic E-state index is 12.7. The third kappa shape index (κ3) is 4.31. The zero-order valence-corrected chi connectivity index (χ0v) is 16.3. The van der Waals surface area contributed by atoms with Crippen LogP contribution in [0.25, 0.3) is 0 Å². The van der Waals surface area contributed by atoms with Gasteiger partial charge in [-0.15, -0.1) is 12.4 Å². The van der Waals surface area contributed by atoms with Crippen molar-refractivity contribution in [3.8, 4) is 0 Å². The van der Waals surface area contributed by atoms with E-state index in [0.717, 1.165) is 50.4 Å². The number of carbonyl (C=O) groups excluding carboxylic acids is 1. The normalized spacial score (nSPS) is 23.7. The zero-order chi connectivity index (χ0) is 17.9. The van der Waals surface area contributed by atoms with Crippen molar-refractivity contribution in [2.75, 3.05) is 39.8 Å². The molecule has 2 fully saturated rings. The van der Waals surface area contributed by atoms with E-state index in [0.29, 0.717) is 12.4 Å². The fourth-order valence-electron chi connectivity index (χ4n) is 3.77. The van der Waals surface area contributed by atoms with Crippen molar-refractivity contribution >= 4 is 18.3 Å². The van der Waals surface area contributed by atoms with Crippen molar-refractivity contribution in [1.82, 2.24) is 25.3 Å². The number of likely N-dealkylation sites (tertiary alicyclic amines) is 1. The van der Waals surface area contributed by atoms with E-state index >= 15 is 0 Å². The molecule has 7 nitrogen and oxygen atoms in total. The maximum absolute atomic E-state index is 12.7. The predicted octanol–water partition coefficient (Wildman–Crippen LogP) is 2.09. The molecule has 0 radical (unpaired) electrons. The van der Waals surface area contributed by atoms with Gasteiger partial charge in [-0.05, 0) is 32.0 Å². The van der Waals surface area contributed by atoms with E-state index in [-0.39, 0.29) is 30.3 Å². The first-order valence-corrected chi connectivity index (χ1v) is 9.31. The molecular formula is C19H26ClN5O2. The first-order valence-electron chi connectivity index (χ1n) is 9.31. The van der Waals surface area contributed by atoms with Crippen LogP contribution in [0.1, 0.15) is 46.9 Å². The summed E-state index contributed by atoms with van der Waals surface area (Å²) in [4.78, 5) is 21.5. The lowest BCUT2D eigenvalue weighted by atomic mass is 9.97. The lowest BCUT2D eigenvalue weighted by molar-refractivity contribution is 0.0695. The number of piperazine rings is 1. The van der Waals surface area contributed by atoms with Crippen LogP contribution in [0.5, 0.6) is 0 Å². The first kappa shape index (κ1) is 19.8. The van der Waals surface area contributed by atoms with Gasteiger partial charge >= 0.3 is 0 Å². The van der Waals surface area contributed by atoms with Gasteiger partial charge < -0.3 is 14.7 Å². The largest absolute Gasteiger partial charge is 0.339 e. The van der Waals surface area contributed by atoms with Crippen LogP contribution in [0.2, 0.25) is 0 Å². The smallest absolute Gasteiger partial charge is 0.253 e. The van der Waals surface area contributed by atoms with Gasteiger partial charge in [-0.25, -0.2) is 0 Å². The molecule has 3 heterocycles. The van der Waals surface area contributed by atoms with Crippen LogP contribution in [0.3, 0.4) is 0 Å². The molecule has 2 aliphatic rings. The van der Waals surface area contributed by atoms with E-state index in [9.17, 15) is 4.79 Å². The van der Waals surface area contributed by atoms with Crippen molar-refractivity contribution in [2.45, 2.75) is 24.8 Å². The Labute approximate surface area is 165 Å². The van der Waals surface area contributed by atoms with E-state index < -0.39 is 0 Å². The van der Waals surface area contributed by atoms with Crippen molar-refractivity contribution in [2.24, 2.45) is 0 Å². The second-order valence-corrected chi connectivity index (χ2v) is 7.15. The summed E-state index contributed by atoms with van der Waals surface area (Å²) in [6.45, 7) is 4.20. The topological polar surface area (TPSA) is 74.5 Å². The fraction of sp³-hybridized carbons (Fsp3) is 0.526. The summed E-state index contributed by atoms with van der Waals surface area (Å²) < 4.78 is 5.59. The van der Waals surface area contributed by atoms with Gasteiger partial charge in [0.05, 0.1) is 12.0 Å². The molecule has 146 valence electrons. The number of benzene rings is 1. The second kappa shape index (κ2) is 8.82. The minimum absolute atomic E-state index is 0. The number of hydrogen-bond donors (Lipinski definition) is 1. The lowest BCUT2D eigenvalue weighted by Gasteiger charge is -2.31. The molecule has 4 rings (SSSR count). The number of rotatable bonds is 3. The number of nitrogens with zero attached hydrogens (tertiary/aromatic N) is 4. The molecule has 0 saturated carbocycles. The molecule has 1 amide bonds. The average Bonchev–Trinajstić information content (AvgIpc) is 3.18. The number of amides is 1. The van der Waals surface area contributed by atoms with Crippen molar-refractivity contribution in [1.29, 1.82) is 0 Å². The first-order chi connectivity index (χ1) is 12.7. The van der Waals surface area contributed by atoms with Gasteiger partial charge in [0.25, 0.3) is 5.91 Å². The Hall–Kier alpha value is -1.96. The third-order valence-corrected chi connectivity index (χ3v) is 5.35. The van der Waals surface area contributed by atoms with Crippen LogP contribution >= 0.6 is 12.4 Å².